The Morgan fingerprint density at radius 1 is 1.12 bits per heavy atom. The summed E-state index contributed by atoms with van der Waals surface area (Å²) in [7, 11) is 0. The molecule has 9 nitrogen and oxygen atoms in total. The van der Waals surface area contributed by atoms with Crippen molar-refractivity contribution < 1.29 is 39.3 Å². The van der Waals surface area contributed by atoms with Gasteiger partial charge in [-0.25, -0.2) is 0 Å². The molecular formula is C25H25NO8. The largest absolute Gasteiger partial charge is 0.507 e. The summed E-state index contributed by atoms with van der Waals surface area (Å²) in [4.78, 5) is 64.5. The van der Waals surface area contributed by atoms with Gasteiger partial charge in [-0.2, -0.15) is 0 Å². The number of ketones is 4. The number of phenolic OH excluding ortho intramolecular Hbond substituents is 1. The predicted molar refractivity (Wildman–Crippen MR) is 116 cm³/mol. The van der Waals surface area contributed by atoms with Crippen molar-refractivity contribution in [3.63, 3.8) is 0 Å². The number of primary amides is 1. The van der Waals surface area contributed by atoms with E-state index in [0.717, 1.165) is 12.8 Å². The van der Waals surface area contributed by atoms with Crippen LogP contribution in [0, 0.1) is 23.7 Å². The van der Waals surface area contributed by atoms with Crippen LogP contribution in [0.1, 0.15) is 59.5 Å². The van der Waals surface area contributed by atoms with Crippen molar-refractivity contribution in [2.75, 3.05) is 0 Å². The number of aromatic hydroxyl groups is 1. The number of carbonyl (C=O) groups excluding carboxylic acids is 5. The molecule has 8 atom stereocenters. The highest BCUT2D eigenvalue weighted by molar-refractivity contribution is 6.31. The van der Waals surface area contributed by atoms with Crippen molar-refractivity contribution in [3.05, 3.63) is 41.0 Å². The van der Waals surface area contributed by atoms with Crippen LogP contribution in [-0.2, 0) is 19.2 Å². The van der Waals surface area contributed by atoms with Gasteiger partial charge in [0, 0.05) is 29.7 Å². The molecule has 0 aliphatic heterocycles. The molecule has 3 unspecified atom stereocenters. The Labute approximate surface area is 194 Å². The number of fused-ring (bicyclic) bond motifs is 3. The summed E-state index contributed by atoms with van der Waals surface area (Å²) in [6.07, 6.45) is 3.35. The van der Waals surface area contributed by atoms with Gasteiger partial charge in [-0.1, -0.05) is 31.2 Å². The number of amides is 1. The highest BCUT2D eigenvalue weighted by atomic mass is 16.3. The van der Waals surface area contributed by atoms with E-state index < -0.39 is 76.8 Å². The Balaban J connectivity index is 1.65. The summed E-state index contributed by atoms with van der Waals surface area (Å²) in [5, 5.41) is 33.5. The second-order valence-corrected chi connectivity index (χ2v) is 9.89. The molecule has 0 bridgehead atoms. The molecule has 0 radical (unpaired) electrons. The maximum absolute atomic E-state index is 13.7. The van der Waals surface area contributed by atoms with Gasteiger partial charge < -0.3 is 21.1 Å². The summed E-state index contributed by atoms with van der Waals surface area (Å²) >= 11 is 0. The van der Waals surface area contributed by atoms with Gasteiger partial charge in [-0.05, 0) is 24.3 Å². The maximum Gasteiger partial charge on any atom is 0.235 e. The summed E-state index contributed by atoms with van der Waals surface area (Å²) in [6, 6.07) is 3.44. The van der Waals surface area contributed by atoms with Crippen LogP contribution in [0.4, 0.5) is 0 Å². The van der Waals surface area contributed by atoms with Crippen molar-refractivity contribution in [3.8, 4) is 5.75 Å². The molecule has 4 aliphatic rings. The number of Topliss-reactive ketones (excluding diaryl/α,β-unsaturated/α-hetero) is 4. The monoisotopic (exact) mass is 467 g/mol. The van der Waals surface area contributed by atoms with E-state index in [2.05, 4.69) is 0 Å². The molecule has 2 saturated carbocycles. The normalized spacial score (nSPS) is 39.0. The van der Waals surface area contributed by atoms with Crippen LogP contribution in [0.5, 0.6) is 5.75 Å². The molecule has 178 valence electrons. The van der Waals surface area contributed by atoms with Gasteiger partial charge >= 0.3 is 0 Å². The average molecular weight is 467 g/mol. The minimum absolute atomic E-state index is 0.0556. The molecule has 1 amide bonds. The first-order chi connectivity index (χ1) is 16.0. The second kappa shape index (κ2) is 7.41. The van der Waals surface area contributed by atoms with Crippen molar-refractivity contribution in [2.24, 2.45) is 29.4 Å². The Morgan fingerprint density at radius 3 is 2.41 bits per heavy atom. The van der Waals surface area contributed by atoms with Crippen LogP contribution in [0.2, 0.25) is 0 Å². The molecular weight excluding hydrogens is 442 g/mol. The Hall–Kier alpha value is -3.17. The van der Waals surface area contributed by atoms with Gasteiger partial charge in [0.15, 0.2) is 34.7 Å². The van der Waals surface area contributed by atoms with Crippen LogP contribution in [0.3, 0.4) is 0 Å². The van der Waals surface area contributed by atoms with Crippen LogP contribution < -0.4 is 5.73 Å². The third-order valence-electron chi connectivity index (χ3n) is 8.30. The molecule has 0 saturated heterocycles. The Bertz CT molecular complexity index is 1200. The van der Waals surface area contributed by atoms with E-state index in [1.54, 1.807) is 19.1 Å². The highest BCUT2D eigenvalue weighted by Crippen LogP contribution is 2.54. The van der Waals surface area contributed by atoms with Gasteiger partial charge in [0.25, 0.3) is 0 Å². The van der Waals surface area contributed by atoms with Crippen molar-refractivity contribution in [1.29, 1.82) is 0 Å². The average Bonchev–Trinajstić information content (AvgIpc) is 3.31. The molecule has 2 fully saturated rings. The summed E-state index contributed by atoms with van der Waals surface area (Å²) in [6.45, 7) is 1.69. The van der Waals surface area contributed by atoms with Crippen LogP contribution >= 0.6 is 0 Å². The first-order valence-electron chi connectivity index (χ1n) is 11.4. The number of hydrogen-bond acceptors (Lipinski definition) is 8. The molecule has 5 rings (SSSR count). The van der Waals surface area contributed by atoms with Crippen molar-refractivity contribution in [2.45, 2.75) is 49.7 Å². The number of benzene rings is 1. The summed E-state index contributed by atoms with van der Waals surface area (Å²) in [5.41, 5.74) is 3.22. The van der Waals surface area contributed by atoms with E-state index in [0.29, 0.717) is 11.1 Å². The van der Waals surface area contributed by atoms with Crippen LogP contribution in [-0.4, -0.2) is 56.1 Å². The molecule has 4 aliphatic carbocycles. The first kappa shape index (κ1) is 22.6. The minimum Gasteiger partial charge on any atom is -0.507 e. The quantitative estimate of drug-likeness (QED) is 0.355. The number of aliphatic hydroxyl groups is 2. The van der Waals surface area contributed by atoms with Crippen LogP contribution in [0.25, 0.3) is 0 Å². The second-order valence-electron chi connectivity index (χ2n) is 9.89. The fourth-order valence-electron chi connectivity index (χ4n) is 6.56. The minimum atomic E-state index is -2.90. The molecule has 5 N–H and O–H groups in total. The number of aliphatic hydroxyl groups excluding tert-OH is 1. The highest BCUT2D eigenvalue weighted by Gasteiger charge is 2.69. The fraction of sp³-hybridized carbons (Fsp3) is 0.480. The zero-order valence-electron chi connectivity index (χ0n) is 18.4. The van der Waals surface area contributed by atoms with Crippen molar-refractivity contribution in [1.82, 2.24) is 0 Å². The lowest BCUT2D eigenvalue weighted by molar-refractivity contribution is -0.189. The summed E-state index contributed by atoms with van der Waals surface area (Å²) in [5.74, 6) is -12.6. The molecule has 1 aromatic carbocycles. The van der Waals surface area contributed by atoms with Gasteiger partial charge in [0.05, 0.1) is 17.6 Å². The SMILES string of the molecule is C[C@H]1c2ccc(C3C=CCC3)c(O)c2C(=O)C2C(=O)[C@]3(O)C(=O)C(C(N)=O)C(=O)C[C@@H]3[C@@H](O)[C@@H]21. The van der Waals surface area contributed by atoms with E-state index in [1.165, 1.54) is 0 Å². The standard InChI is InChI=1S/C25H25NO8/c1-9-11-6-7-12(10-4-2-3-5-10)19(28)16(11)21(30)18-15(9)20(29)13-8-14(27)17(24(26)33)22(31)25(13,34)23(18)32/h2,4,6-7,9-10,13,15,17-18,20,28-29,34H,3,5,8H2,1H3,(H2,26,33)/t9-,10?,13+,15+,17?,18?,20+,25+/m0/s1. The van der Waals surface area contributed by atoms with Crippen LogP contribution in [0.15, 0.2) is 24.3 Å². The predicted octanol–water partition coefficient (Wildman–Crippen LogP) is 0.292. The Kier molecular flexibility index (Phi) is 4.93. The van der Waals surface area contributed by atoms with Gasteiger partial charge in [0.1, 0.15) is 5.75 Å². The molecule has 0 heterocycles. The van der Waals surface area contributed by atoms with E-state index in [9.17, 15) is 39.3 Å². The fourth-order valence-corrected chi connectivity index (χ4v) is 6.56. The molecule has 0 aromatic heterocycles. The van der Waals surface area contributed by atoms with E-state index in [-0.39, 0.29) is 17.2 Å². The summed E-state index contributed by atoms with van der Waals surface area (Å²) < 4.78 is 0. The zero-order chi connectivity index (χ0) is 24.7. The lowest BCUT2D eigenvalue weighted by Gasteiger charge is -2.52. The number of hydrogen-bond donors (Lipinski definition) is 4. The number of carbonyl (C=O) groups is 5. The smallest absolute Gasteiger partial charge is 0.235 e. The third-order valence-corrected chi connectivity index (χ3v) is 8.30. The molecule has 1 aromatic rings. The van der Waals surface area contributed by atoms with Gasteiger partial charge in [0.2, 0.25) is 5.91 Å². The number of allylic oxidation sites excluding steroid dienone is 2. The molecule has 34 heavy (non-hydrogen) atoms. The van der Waals surface area contributed by atoms with Gasteiger partial charge in [-0.15, -0.1) is 0 Å². The number of rotatable bonds is 2. The lowest BCUT2D eigenvalue weighted by Crippen LogP contribution is -2.72. The first-order valence-corrected chi connectivity index (χ1v) is 11.4. The topological polar surface area (TPSA) is 172 Å². The molecule has 9 heteroatoms. The zero-order valence-corrected chi connectivity index (χ0v) is 18.4. The molecule has 0 spiro atoms. The number of phenols is 1. The van der Waals surface area contributed by atoms with E-state index >= 15 is 0 Å². The Morgan fingerprint density at radius 2 is 1.79 bits per heavy atom. The third kappa shape index (κ3) is 2.71. The lowest BCUT2D eigenvalue weighted by atomic mass is 9.50. The van der Waals surface area contributed by atoms with E-state index in [1.807, 2.05) is 12.2 Å². The van der Waals surface area contributed by atoms with Gasteiger partial charge in [-0.3, -0.25) is 24.0 Å². The number of nitrogens with two attached hydrogens (primary N) is 1. The van der Waals surface area contributed by atoms with E-state index in [4.69, 9.17) is 5.73 Å². The maximum atomic E-state index is 13.7. The van der Waals surface area contributed by atoms with Crippen molar-refractivity contribution >= 4 is 29.0 Å².